The lowest BCUT2D eigenvalue weighted by Gasteiger charge is -2.30. The van der Waals surface area contributed by atoms with E-state index in [1.54, 1.807) is 6.07 Å². The number of fused-ring (bicyclic) bond motifs is 1. The Balaban J connectivity index is 1.88. The lowest BCUT2D eigenvalue weighted by Crippen LogP contribution is -2.50. The maximum atomic E-state index is 13.5. The third-order valence-electron chi connectivity index (χ3n) is 5.05. The number of nitrogens with one attached hydrogen (secondary N) is 1. The number of aliphatic hydroxyl groups is 1. The molecule has 0 unspecified atom stereocenters. The van der Waals surface area contributed by atoms with E-state index in [0.29, 0.717) is 15.3 Å². The average molecular weight is 493 g/mol. The molecule has 0 fully saturated rings. The third-order valence-corrected chi connectivity index (χ3v) is 7.72. The van der Waals surface area contributed by atoms with Gasteiger partial charge in [-0.1, -0.05) is 55.5 Å². The van der Waals surface area contributed by atoms with E-state index in [1.165, 1.54) is 27.8 Å². The van der Waals surface area contributed by atoms with Gasteiger partial charge in [0.15, 0.2) is 5.13 Å². The number of rotatable bonds is 10. The second-order valence-electron chi connectivity index (χ2n) is 8.21. The van der Waals surface area contributed by atoms with E-state index in [0.717, 1.165) is 5.56 Å². The number of nitrogens with zero attached hydrogens (tertiary/aromatic N) is 2. The Hall–Kier alpha value is -2.73. The zero-order valence-electron chi connectivity index (χ0n) is 18.4. The summed E-state index contributed by atoms with van der Waals surface area (Å²) < 4.78 is 28.8. The molecule has 0 bridgehead atoms. The molecule has 9 nitrogen and oxygen atoms in total. The van der Waals surface area contributed by atoms with Gasteiger partial charge in [0, 0.05) is 13.1 Å². The van der Waals surface area contributed by atoms with Gasteiger partial charge in [0.1, 0.15) is 0 Å². The molecule has 5 N–H and O–H groups in total. The van der Waals surface area contributed by atoms with Crippen LogP contribution >= 0.6 is 11.3 Å². The number of thiazole rings is 1. The van der Waals surface area contributed by atoms with Gasteiger partial charge < -0.3 is 21.3 Å². The molecule has 0 spiro atoms. The summed E-state index contributed by atoms with van der Waals surface area (Å²) in [5, 5.41) is 22.9. The molecule has 11 heteroatoms. The van der Waals surface area contributed by atoms with E-state index in [2.05, 4.69) is 10.3 Å². The first-order valence-corrected chi connectivity index (χ1v) is 12.7. The van der Waals surface area contributed by atoms with Crippen molar-refractivity contribution in [3.8, 4) is 0 Å². The zero-order valence-corrected chi connectivity index (χ0v) is 20.0. The van der Waals surface area contributed by atoms with Gasteiger partial charge in [-0.25, -0.2) is 18.2 Å². The molecule has 0 aliphatic heterocycles. The van der Waals surface area contributed by atoms with Crippen molar-refractivity contribution in [1.82, 2.24) is 14.6 Å². The first kappa shape index (κ1) is 24.9. The molecule has 3 rings (SSSR count). The summed E-state index contributed by atoms with van der Waals surface area (Å²) in [6, 6.07) is 12.8. The number of hydrogen-bond donors (Lipinski definition) is 4. The van der Waals surface area contributed by atoms with E-state index in [1.807, 2.05) is 44.2 Å². The minimum Gasteiger partial charge on any atom is -0.465 e. The quantitative estimate of drug-likeness (QED) is 0.340. The second kappa shape index (κ2) is 10.5. The van der Waals surface area contributed by atoms with E-state index in [-0.39, 0.29) is 30.3 Å². The van der Waals surface area contributed by atoms with Crippen molar-refractivity contribution in [3.05, 3.63) is 54.1 Å². The van der Waals surface area contributed by atoms with Crippen molar-refractivity contribution in [1.29, 1.82) is 0 Å². The van der Waals surface area contributed by atoms with Crippen LogP contribution in [0.15, 0.2) is 53.4 Å². The number of aromatic nitrogens is 1. The Morgan fingerprint density at radius 2 is 1.88 bits per heavy atom. The normalized spacial score (nSPS) is 14.0. The molecule has 0 saturated carbocycles. The molecular formula is C22H28N4O5S2. The molecule has 3 aromatic rings. The molecule has 33 heavy (non-hydrogen) atoms. The Morgan fingerprint density at radius 1 is 1.18 bits per heavy atom. The molecule has 1 amide bonds. The molecular weight excluding hydrogens is 464 g/mol. The van der Waals surface area contributed by atoms with E-state index in [4.69, 9.17) is 5.73 Å². The number of amides is 1. The Kier molecular flexibility index (Phi) is 7.90. The molecule has 0 radical (unpaired) electrons. The van der Waals surface area contributed by atoms with Crippen molar-refractivity contribution >= 4 is 42.8 Å². The van der Waals surface area contributed by atoms with Gasteiger partial charge in [0.05, 0.1) is 27.3 Å². The highest BCUT2D eigenvalue weighted by molar-refractivity contribution is 7.89. The predicted octanol–water partition coefficient (Wildman–Crippen LogP) is 2.76. The first-order chi connectivity index (χ1) is 15.6. The maximum Gasteiger partial charge on any atom is 0.404 e. The number of carboxylic acid groups (broad SMARTS) is 1. The summed E-state index contributed by atoms with van der Waals surface area (Å²) in [5.41, 5.74) is 7.17. The number of hydrogen-bond acceptors (Lipinski definition) is 7. The number of nitrogens with two attached hydrogens (primary N) is 1. The van der Waals surface area contributed by atoms with Crippen LogP contribution in [0.3, 0.4) is 0 Å². The highest BCUT2D eigenvalue weighted by Gasteiger charge is 2.31. The zero-order chi connectivity index (χ0) is 24.2. The molecule has 0 saturated heterocycles. The maximum absolute atomic E-state index is 13.5. The van der Waals surface area contributed by atoms with E-state index >= 15 is 0 Å². The fourth-order valence-corrected chi connectivity index (χ4v) is 6.05. The van der Waals surface area contributed by atoms with Crippen LogP contribution in [-0.2, 0) is 16.4 Å². The Labute approximate surface area is 196 Å². The summed E-state index contributed by atoms with van der Waals surface area (Å²) in [5.74, 6) is -0.0187. The van der Waals surface area contributed by atoms with Crippen molar-refractivity contribution in [2.75, 3.05) is 18.8 Å². The summed E-state index contributed by atoms with van der Waals surface area (Å²) in [7, 11) is -3.97. The van der Waals surface area contributed by atoms with E-state index in [9.17, 15) is 23.4 Å². The monoisotopic (exact) mass is 492 g/mol. The fraction of sp³-hybridized carbons (Fsp3) is 0.364. The number of benzene rings is 2. The smallest absolute Gasteiger partial charge is 0.404 e. The lowest BCUT2D eigenvalue weighted by atomic mass is 10.0. The van der Waals surface area contributed by atoms with Gasteiger partial charge in [-0.05, 0) is 36.1 Å². The van der Waals surface area contributed by atoms with Crippen LogP contribution in [0.5, 0.6) is 0 Å². The highest BCUT2D eigenvalue weighted by Crippen LogP contribution is 2.28. The summed E-state index contributed by atoms with van der Waals surface area (Å²) in [4.78, 5) is 15.6. The van der Waals surface area contributed by atoms with Crippen molar-refractivity contribution in [3.63, 3.8) is 0 Å². The molecule has 2 aromatic carbocycles. The predicted molar refractivity (Wildman–Crippen MR) is 129 cm³/mol. The second-order valence-corrected chi connectivity index (χ2v) is 11.2. The van der Waals surface area contributed by atoms with Gasteiger partial charge in [-0.3, -0.25) is 0 Å². The Morgan fingerprint density at radius 3 is 2.52 bits per heavy atom. The van der Waals surface area contributed by atoms with Crippen molar-refractivity contribution in [2.45, 2.75) is 37.3 Å². The van der Waals surface area contributed by atoms with Crippen LogP contribution in [-0.4, -0.2) is 59.2 Å². The van der Waals surface area contributed by atoms with Gasteiger partial charge in [0.2, 0.25) is 10.0 Å². The minimum absolute atomic E-state index is 0.0187. The SMILES string of the molecule is CC(C)CN(C[C@@H](O)[C@H](Cc1ccccc1)NC(=O)O)S(=O)(=O)c1ccc2nc(N)sc2c1. The summed E-state index contributed by atoms with van der Waals surface area (Å²) in [6.07, 6.45) is -2.34. The third kappa shape index (κ3) is 6.41. The fourth-order valence-electron chi connectivity index (χ4n) is 3.56. The number of carbonyl (C=O) groups is 1. The summed E-state index contributed by atoms with van der Waals surface area (Å²) >= 11 is 1.19. The molecule has 2 atom stereocenters. The van der Waals surface area contributed by atoms with Gasteiger partial charge in [0.25, 0.3) is 0 Å². The molecule has 0 aliphatic carbocycles. The van der Waals surface area contributed by atoms with Crippen molar-refractivity contribution < 1.29 is 23.4 Å². The average Bonchev–Trinajstić information content (AvgIpc) is 3.12. The standard InChI is InChI=1S/C22H28N4O5S2/c1-14(2)12-26(33(30,31)16-8-9-17-20(11-16)32-21(23)24-17)13-19(27)18(25-22(28)29)10-15-6-4-3-5-7-15/h3-9,11,14,18-19,25,27H,10,12-13H2,1-2H3,(H2,23,24)(H,28,29)/t18-,19+/m0/s1. The molecule has 1 heterocycles. The van der Waals surface area contributed by atoms with Crippen molar-refractivity contribution in [2.24, 2.45) is 5.92 Å². The van der Waals surface area contributed by atoms with Gasteiger partial charge >= 0.3 is 6.09 Å². The topological polar surface area (TPSA) is 146 Å². The lowest BCUT2D eigenvalue weighted by molar-refractivity contribution is 0.0980. The van der Waals surface area contributed by atoms with Crippen LogP contribution in [0.25, 0.3) is 10.2 Å². The van der Waals surface area contributed by atoms with Gasteiger partial charge in [-0.2, -0.15) is 4.31 Å². The first-order valence-electron chi connectivity index (χ1n) is 10.4. The number of anilines is 1. The van der Waals surface area contributed by atoms with E-state index < -0.39 is 28.3 Å². The Bertz CT molecular complexity index is 1200. The van der Waals surface area contributed by atoms with Crippen LogP contribution in [0, 0.1) is 5.92 Å². The molecule has 178 valence electrons. The molecule has 1 aromatic heterocycles. The number of nitrogen functional groups attached to an aromatic ring is 1. The highest BCUT2D eigenvalue weighted by atomic mass is 32.2. The number of sulfonamides is 1. The van der Waals surface area contributed by atoms with Crippen LogP contribution < -0.4 is 11.1 Å². The van der Waals surface area contributed by atoms with Crippen LogP contribution in [0.4, 0.5) is 9.93 Å². The number of aliphatic hydroxyl groups excluding tert-OH is 1. The summed E-state index contributed by atoms with van der Waals surface area (Å²) in [6.45, 7) is 3.65. The van der Waals surface area contributed by atoms with Gasteiger partial charge in [-0.15, -0.1) is 0 Å². The van der Waals surface area contributed by atoms with Crippen LogP contribution in [0.2, 0.25) is 0 Å². The van der Waals surface area contributed by atoms with Crippen LogP contribution in [0.1, 0.15) is 19.4 Å². The minimum atomic E-state index is -3.97. The molecule has 0 aliphatic rings. The largest absolute Gasteiger partial charge is 0.465 e.